The van der Waals surface area contributed by atoms with Gasteiger partial charge in [-0.3, -0.25) is 4.79 Å². The highest BCUT2D eigenvalue weighted by Gasteiger charge is 2.15. The zero-order valence-corrected chi connectivity index (χ0v) is 15.5. The van der Waals surface area contributed by atoms with Crippen molar-refractivity contribution in [2.75, 3.05) is 11.9 Å². The summed E-state index contributed by atoms with van der Waals surface area (Å²) in [5.41, 5.74) is 2.95. The summed E-state index contributed by atoms with van der Waals surface area (Å²) in [5.74, 6) is 1.34. The molecule has 1 N–H and O–H groups in total. The van der Waals surface area contributed by atoms with Crippen LogP contribution in [0.5, 0.6) is 11.5 Å². The van der Waals surface area contributed by atoms with E-state index in [1.165, 1.54) is 0 Å². The summed E-state index contributed by atoms with van der Waals surface area (Å²) >= 11 is 0. The second-order valence-electron chi connectivity index (χ2n) is 6.30. The van der Waals surface area contributed by atoms with Gasteiger partial charge >= 0.3 is 0 Å². The molecule has 2 rings (SSSR count). The van der Waals surface area contributed by atoms with Crippen LogP contribution < -0.4 is 14.8 Å². The van der Waals surface area contributed by atoms with E-state index in [0.29, 0.717) is 12.4 Å². The number of hydrogen-bond acceptors (Lipinski definition) is 3. The zero-order chi connectivity index (χ0) is 18.2. The van der Waals surface area contributed by atoms with Gasteiger partial charge in [0, 0.05) is 5.69 Å². The van der Waals surface area contributed by atoms with E-state index < -0.39 is 6.10 Å². The standard InChI is InChI=1S/C21H27NO3/c1-5-6-11-24-19-9-7-18(8-10-19)22-21(23)17(4)25-20-13-15(2)12-16(3)14-20/h7-10,12-14,17H,5-6,11H2,1-4H3,(H,22,23). The number of hydrogen-bond donors (Lipinski definition) is 1. The number of aryl methyl sites for hydroxylation is 2. The van der Waals surface area contributed by atoms with Crippen LogP contribution >= 0.6 is 0 Å². The Morgan fingerprint density at radius 2 is 1.68 bits per heavy atom. The Balaban J connectivity index is 1.89. The molecule has 134 valence electrons. The summed E-state index contributed by atoms with van der Waals surface area (Å²) in [7, 11) is 0. The average molecular weight is 341 g/mol. The van der Waals surface area contributed by atoms with E-state index in [-0.39, 0.29) is 5.91 Å². The molecule has 2 aromatic rings. The van der Waals surface area contributed by atoms with Gasteiger partial charge in [0.25, 0.3) is 5.91 Å². The minimum atomic E-state index is -0.582. The molecule has 0 aliphatic rings. The Morgan fingerprint density at radius 3 is 2.28 bits per heavy atom. The van der Waals surface area contributed by atoms with E-state index >= 15 is 0 Å². The number of nitrogens with one attached hydrogen (secondary N) is 1. The molecule has 1 unspecified atom stereocenters. The predicted molar refractivity (Wildman–Crippen MR) is 101 cm³/mol. The van der Waals surface area contributed by atoms with Crippen LogP contribution in [0.25, 0.3) is 0 Å². The minimum absolute atomic E-state index is 0.182. The van der Waals surface area contributed by atoms with Crippen molar-refractivity contribution in [1.82, 2.24) is 0 Å². The van der Waals surface area contributed by atoms with Gasteiger partial charge in [0.2, 0.25) is 0 Å². The van der Waals surface area contributed by atoms with Crippen LogP contribution in [0.1, 0.15) is 37.8 Å². The van der Waals surface area contributed by atoms with Crippen LogP contribution in [0.4, 0.5) is 5.69 Å². The number of rotatable bonds is 8. The van der Waals surface area contributed by atoms with E-state index in [1.807, 2.05) is 50.2 Å². The summed E-state index contributed by atoms with van der Waals surface area (Å²) < 4.78 is 11.4. The zero-order valence-electron chi connectivity index (χ0n) is 15.5. The first kappa shape index (κ1) is 18.8. The molecule has 4 nitrogen and oxygen atoms in total. The van der Waals surface area contributed by atoms with Crippen LogP contribution in [0, 0.1) is 13.8 Å². The fraction of sp³-hybridized carbons (Fsp3) is 0.381. The van der Waals surface area contributed by atoms with E-state index in [0.717, 1.165) is 35.4 Å². The fourth-order valence-electron chi connectivity index (χ4n) is 2.47. The number of amides is 1. The molecule has 1 amide bonds. The van der Waals surface area contributed by atoms with Crippen LogP contribution in [-0.4, -0.2) is 18.6 Å². The predicted octanol–water partition coefficient (Wildman–Crippen LogP) is 4.89. The first-order chi connectivity index (χ1) is 12.0. The molecule has 0 aliphatic heterocycles. The molecule has 25 heavy (non-hydrogen) atoms. The monoisotopic (exact) mass is 341 g/mol. The number of carbonyl (C=O) groups excluding carboxylic acids is 1. The van der Waals surface area contributed by atoms with Gasteiger partial charge in [-0.25, -0.2) is 0 Å². The number of benzene rings is 2. The van der Waals surface area contributed by atoms with Crippen molar-refractivity contribution in [3.63, 3.8) is 0 Å². The van der Waals surface area contributed by atoms with Crippen LogP contribution in [0.2, 0.25) is 0 Å². The maximum absolute atomic E-state index is 12.3. The number of ether oxygens (including phenoxy) is 2. The number of unbranched alkanes of at least 4 members (excludes halogenated alkanes) is 1. The average Bonchev–Trinajstić information content (AvgIpc) is 2.55. The maximum atomic E-state index is 12.3. The first-order valence-corrected chi connectivity index (χ1v) is 8.76. The molecular formula is C21H27NO3. The van der Waals surface area contributed by atoms with Crippen molar-refractivity contribution in [1.29, 1.82) is 0 Å². The normalized spacial score (nSPS) is 11.7. The van der Waals surface area contributed by atoms with E-state index in [2.05, 4.69) is 18.3 Å². The van der Waals surface area contributed by atoms with Gasteiger partial charge in [0.05, 0.1) is 6.61 Å². The second-order valence-corrected chi connectivity index (χ2v) is 6.30. The van der Waals surface area contributed by atoms with E-state index in [9.17, 15) is 4.79 Å². The highest BCUT2D eigenvalue weighted by Crippen LogP contribution is 2.19. The lowest BCUT2D eigenvalue weighted by Crippen LogP contribution is -2.30. The largest absolute Gasteiger partial charge is 0.494 e. The molecule has 0 fully saturated rings. The van der Waals surface area contributed by atoms with Gasteiger partial charge in [-0.1, -0.05) is 19.4 Å². The molecule has 0 bridgehead atoms. The molecule has 0 aliphatic carbocycles. The van der Waals surface area contributed by atoms with Crippen LogP contribution in [-0.2, 0) is 4.79 Å². The topological polar surface area (TPSA) is 47.6 Å². The molecule has 1 atom stereocenters. The van der Waals surface area contributed by atoms with Gasteiger partial charge < -0.3 is 14.8 Å². The lowest BCUT2D eigenvalue weighted by Gasteiger charge is -2.16. The molecule has 4 heteroatoms. The highest BCUT2D eigenvalue weighted by atomic mass is 16.5. The Labute approximate surface area is 150 Å². The number of anilines is 1. The van der Waals surface area contributed by atoms with Gasteiger partial charge in [0.15, 0.2) is 6.10 Å². The summed E-state index contributed by atoms with van der Waals surface area (Å²) in [4.78, 5) is 12.3. The quantitative estimate of drug-likeness (QED) is 0.696. The molecule has 0 heterocycles. The van der Waals surface area contributed by atoms with Crippen molar-refractivity contribution < 1.29 is 14.3 Å². The van der Waals surface area contributed by atoms with Gasteiger partial charge in [-0.05, 0) is 74.7 Å². The summed E-state index contributed by atoms with van der Waals surface area (Å²) in [5, 5.41) is 2.87. The maximum Gasteiger partial charge on any atom is 0.265 e. The molecule has 0 aromatic heterocycles. The third-order valence-corrected chi connectivity index (χ3v) is 3.77. The highest BCUT2D eigenvalue weighted by molar-refractivity contribution is 5.94. The SMILES string of the molecule is CCCCOc1ccc(NC(=O)C(C)Oc2cc(C)cc(C)c2)cc1. The van der Waals surface area contributed by atoms with Crippen molar-refractivity contribution in [2.24, 2.45) is 0 Å². The van der Waals surface area contributed by atoms with E-state index in [4.69, 9.17) is 9.47 Å². The minimum Gasteiger partial charge on any atom is -0.494 e. The number of carbonyl (C=O) groups is 1. The first-order valence-electron chi connectivity index (χ1n) is 8.76. The lowest BCUT2D eigenvalue weighted by atomic mass is 10.1. The third-order valence-electron chi connectivity index (χ3n) is 3.77. The molecule has 0 spiro atoms. The Kier molecular flexibility index (Phi) is 6.87. The van der Waals surface area contributed by atoms with Crippen LogP contribution in [0.3, 0.4) is 0 Å². The van der Waals surface area contributed by atoms with Gasteiger partial charge in [-0.2, -0.15) is 0 Å². The van der Waals surface area contributed by atoms with Crippen LogP contribution in [0.15, 0.2) is 42.5 Å². The van der Waals surface area contributed by atoms with E-state index in [1.54, 1.807) is 6.92 Å². The molecule has 2 aromatic carbocycles. The Bertz CT molecular complexity index is 675. The summed E-state index contributed by atoms with van der Waals surface area (Å²) in [6.45, 7) is 8.60. The smallest absolute Gasteiger partial charge is 0.265 e. The molecule has 0 radical (unpaired) electrons. The summed E-state index contributed by atoms with van der Waals surface area (Å²) in [6, 6.07) is 13.3. The van der Waals surface area contributed by atoms with Gasteiger partial charge in [0.1, 0.15) is 11.5 Å². The van der Waals surface area contributed by atoms with Crippen molar-refractivity contribution >= 4 is 11.6 Å². The summed E-state index contributed by atoms with van der Waals surface area (Å²) in [6.07, 6.45) is 1.56. The van der Waals surface area contributed by atoms with Gasteiger partial charge in [-0.15, -0.1) is 0 Å². The van der Waals surface area contributed by atoms with Crippen molar-refractivity contribution in [3.05, 3.63) is 53.6 Å². The Morgan fingerprint density at radius 1 is 1.04 bits per heavy atom. The second kappa shape index (κ2) is 9.11. The molecule has 0 saturated heterocycles. The third kappa shape index (κ3) is 6.14. The van der Waals surface area contributed by atoms with Crippen molar-refractivity contribution in [3.8, 4) is 11.5 Å². The fourth-order valence-corrected chi connectivity index (χ4v) is 2.47. The lowest BCUT2D eigenvalue weighted by molar-refractivity contribution is -0.122. The Hall–Kier alpha value is -2.49. The molecule has 0 saturated carbocycles. The van der Waals surface area contributed by atoms with Crippen molar-refractivity contribution in [2.45, 2.75) is 46.6 Å². The molecular weight excluding hydrogens is 314 g/mol.